The van der Waals surface area contributed by atoms with Gasteiger partial charge < -0.3 is 10.2 Å². The molecule has 6 heteroatoms. The van der Waals surface area contributed by atoms with Gasteiger partial charge in [0.15, 0.2) is 0 Å². The van der Waals surface area contributed by atoms with E-state index in [9.17, 15) is 4.79 Å². The van der Waals surface area contributed by atoms with E-state index in [-0.39, 0.29) is 5.91 Å². The molecule has 0 aliphatic carbocycles. The Hall–Kier alpha value is -2.44. The first-order valence-corrected chi connectivity index (χ1v) is 9.18. The Kier molecular flexibility index (Phi) is 5.85. The van der Waals surface area contributed by atoms with Crippen LogP contribution in [-0.4, -0.2) is 47.8 Å². The second-order valence-electron chi connectivity index (χ2n) is 6.24. The molecular weight excluding hydrogens is 392 g/mol. The first-order chi connectivity index (χ1) is 12.5. The number of likely N-dealkylation sites (N-methyl/N-ethyl adjacent to an activating group) is 1. The highest BCUT2D eigenvalue weighted by molar-refractivity contribution is 9.10. The summed E-state index contributed by atoms with van der Waals surface area (Å²) in [7, 11) is 3.96. The van der Waals surface area contributed by atoms with E-state index >= 15 is 0 Å². The topological polar surface area (TPSA) is 50.2 Å². The van der Waals surface area contributed by atoms with Crippen molar-refractivity contribution < 1.29 is 4.79 Å². The SMILES string of the molecule is CN(C)CCNC(=O)c1cn(-c2ccccc2)nc1-c1ccc(Br)cc1. The van der Waals surface area contributed by atoms with Gasteiger partial charge in [0, 0.05) is 29.3 Å². The van der Waals surface area contributed by atoms with E-state index in [0.717, 1.165) is 22.3 Å². The van der Waals surface area contributed by atoms with Crippen LogP contribution in [0.3, 0.4) is 0 Å². The summed E-state index contributed by atoms with van der Waals surface area (Å²) in [5, 5.41) is 7.65. The third-order valence-corrected chi connectivity index (χ3v) is 4.47. The number of carbonyl (C=O) groups is 1. The van der Waals surface area contributed by atoms with Gasteiger partial charge in [-0.3, -0.25) is 4.79 Å². The monoisotopic (exact) mass is 412 g/mol. The maximum Gasteiger partial charge on any atom is 0.255 e. The van der Waals surface area contributed by atoms with E-state index in [1.807, 2.05) is 73.6 Å². The van der Waals surface area contributed by atoms with E-state index in [4.69, 9.17) is 0 Å². The number of halogens is 1. The molecule has 0 aliphatic heterocycles. The van der Waals surface area contributed by atoms with E-state index in [0.29, 0.717) is 17.8 Å². The molecule has 5 nitrogen and oxygen atoms in total. The van der Waals surface area contributed by atoms with Crippen LogP contribution in [0.5, 0.6) is 0 Å². The molecule has 0 spiro atoms. The number of hydrogen-bond donors (Lipinski definition) is 1. The summed E-state index contributed by atoms with van der Waals surface area (Å²) in [4.78, 5) is 14.8. The highest BCUT2D eigenvalue weighted by Crippen LogP contribution is 2.25. The van der Waals surface area contributed by atoms with Gasteiger partial charge in [-0.15, -0.1) is 0 Å². The van der Waals surface area contributed by atoms with Crippen LogP contribution in [0.15, 0.2) is 65.3 Å². The minimum absolute atomic E-state index is 0.119. The Morgan fingerprint density at radius 1 is 1.12 bits per heavy atom. The van der Waals surface area contributed by atoms with Crippen LogP contribution in [0.2, 0.25) is 0 Å². The number of rotatable bonds is 6. The van der Waals surface area contributed by atoms with Crippen molar-refractivity contribution in [2.75, 3.05) is 27.2 Å². The van der Waals surface area contributed by atoms with Crippen LogP contribution in [0.25, 0.3) is 16.9 Å². The molecule has 3 rings (SSSR count). The third kappa shape index (κ3) is 4.39. The largest absolute Gasteiger partial charge is 0.351 e. The van der Waals surface area contributed by atoms with Gasteiger partial charge in [-0.2, -0.15) is 5.10 Å². The van der Waals surface area contributed by atoms with Crippen molar-refractivity contribution in [2.24, 2.45) is 0 Å². The second-order valence-corrected chi connectivity index (χ2v) is 7.15. The first-order valence-electron chi connectivity index (χ1n) is 8.38. The zero-order chi connectivity index (χ0) is 18.5. The van der Waals surface area contributed by atoms with Crippen molar-refractivity contribution in [3.05, 3.63) is 70.8 Å². The number of hydrogen-bond acceptors (Lipinski definition) is 3. The summed E-state index contributed by atoms with van der Waals surface area (Å²) in [6.45, 7) is 1.37. The normalized spacial score (nSPS) is 10.9. The predicted molar refractivity (Wildman–Crippen MR) is 108 cm³/mol. The Labute approximate surface area is 161 Å². The average molecular weight is 413 g/mol. The fraction of sp³-hybridized carbons (Fsp3) is 0.200. The van der Waals surface area contributed by atoms with Gasteiger partial charge in [0.05, 0.1) is 11.3 Å². The Balaban J connectivity index is 1.96. The number of nitrogens with one attached hydrogen (secondary N) is 1. The van der Waals surface area contributed by atoms with Crippen LogP contribution >= 0.6 is 15.9 Å². The number of aromatic nitrogens is 2. The molecule has 134 valence electrons. The molecule has 0 radical (unpaired) electrons. The standard InChI is InChI=1S/C20H21BrN4O/c1-24(2)13-12-22-20(26)18-14-25(17-6-4-3-5-7-17)23-19(18)15-8-10-16(21)11-9-15/h3-11,14H,12-13H2,1-2H3,(H,22,26). The van der Waals surface area contributed by atoms with Crippen LogP contribution < -0.4 is 5.32 Å². The van der Waals surface area contributed by atoms with Crippen LogP contribution in [0.4, 0.5) is 0 Å². The summed E-state index contributed by atoms with van der Waals surface area (Å²) < 4.78 is 2.74. The lowest BCUT2D eigenvalue weighted by atomic mass is 10.1. The van der Waals surface area contributed by atoms with E-state index in [1.54, 1.807) is 10.9 Å². The number of para-hydroxylation sites is 1. The molecular formula is C20H21BrN4O. The lowest BCUT2D eigenvalue weighted by molar-refractivity contribution is 0.0951. The number of nitrogens with zero attached hydrogens (tertiary/aromatic N) is 3. The van der Waals surface area contributed by atoms with Crippen molar-refractivity contribution in [3.63, 3.8) is 0 Å². The van der Waals surface area contributed by atoms with Gasteiger partial charge in [0.25, 0.3) is 5.91 Å². The van der Waals surface area contributed by atoms with E-state index < -0.39 is 0 Å². The Bertz CT molecular complexity index is 873. The molecule has 0 saturated carbocycles. The summed E-state index contributed by atoms with van der Waals surface area (Å²) in [5.74, 6) is -0.119. The van der Waals surface area contributed by atoms with Crippen molar-refractivity contribution in [3.8, 4) is 16.9 Å². The molecule has 1 heterocycles. The van der Waals surface area contributed by atoms with Crippen molar-refractivity contribution in [1.29, 1.82) is 0 Å². The lowest BCUT2D eigenvalue weighted by Gasteiger charge is -2.10. The molecule has 1 amide bonds. The maximum absolute atomic E-state index is 12.7. The summed E-state index contributed by atoms with van der Waals surface area (Å²) in [6, 6.07) is 17.6. The smallest absolute Gasteiger partial charge is 0.255 e. The van der Waals surface area contributed by atoms with Gasteiger partial charge >= 0.3 is 0 Å². The quantitative estimate of drug-likeness (QED) is 0.672. The number of carbonyl (C=O) groups excluding carboxylic acids is 1. The Morgan fingerprint density at radius 2 is 1.81 bits per heavy atom. The molecule has 0 atom stereocenters. The molecule has 2 aromatic carbocycles. The van der Waals surface area contributed by atoms with Gasteiger partial charge in [-0.25, -0.2) is 4.68 Å². The highest BCUT2D eigenvalue weighted by Gasteiger charge is 2.18. The minimum Gasteiger partial charge on any atom is -0.351 e. The average Bonchev–Trinajstić information content (AvgIpc) is 3.08. The van der Waals surface area contributed by atoms with Gasteiger partial charge in [-0.1, -0.05) is 46.3 Å². The molecule has 0 bridgehead atoms. The molecule has 0 saturated heterocycles. The van der Waals surface area contributed by atoms with Crippen LogP contribution in [0, 0.1) is 0 Å². The fourth-order valence-corrected chi connectivity index (χ4v) is 2.83. The summed E-state index contributed by atoms with van der Waals surface area (Å²) in [5.41, 5.74) is 3.05. The van der Waals surface area contributed by atoms with Gasteiger partial charge in [0.1, 0.15) is 5.69 Å². The van der Waals surface area contributed by atoms with Gasteiger partial charge in [-0.05, 0) is 38.4 Å². The molecule has 26 heavy (non-hydrogen) atoms. The zero-order valence-corrected chi connectivity index (χ0v) is 16.4. The third-order valence-electron chi connectivity index (χ3n) is 3.94. The van der Waals surface area contributed by atoms with Crippen molar-refractivity contribution in [2.45, 2.75) is 0 Å². The van der Waals surface area contributed by atoms with E-state index in [2.05, 4.69) is 26.3 Å². The van der Waals surface area contributed by atoms with E-state index in [1.165, 1.54) is 0 Å². The highest BCUT2D eigenvalue weighted by atomic mass is 79.9. The summed E-state index contributed by atoms with van der Waals surface area (Å²) >= 11 is 3.45. The molecule has 1 aromatic heterocycles. The molecule has 1 N–H and O–H groups in total. The van der Waals surface area contributed by atoms with Crippen LogP contribution in [-0.2, 0) is 0 Å². The number of amides is 1. The molecule has 0 unspecified atom stereocenters. The summed E-state index contributed by atoms with van der Waals surface area (Å²) in [6.07, 6.45) is 1.79. The molecule has 0 fully saturated rings. The maximum atomic E-state index is 12.7. The fourth-order valence-electron chi connectivity index (χ4n) is 2.56. The predicted octanol–water partition coefficient (Wildman–Crippen LogP) is 3.59. The Morgan fingerprint density at radius 3 is 2.46 bits per heavy atom. The van der Waals surface area contributed by atoms with Crippen molar-refractivity contribution >= 4 is 21.8 Å². The van der Waals surface area contributed by atoms with Gasteiger partial charge in [0.2, 0.25) is 0 Å². The number of benzene rings is 2. The minimum atomic E-state index is -0.119. The second kappa shape index (κ2) is 8.29. The molecule has 3 aromatic rings. The van der Waals surface area contributed by atoms with Crippen LogP contribution in [0.1, 0.15) is 10.4 Å². The molecule has 0 aliphatic rings. The first kappa shape index (κ1) is 18.4. The lowest BCUT2D eigenvalue weighted by Crippen LogP contribution is -2.31. The zero-order valence-electron chi connectivity index (χ0n) is 14.8. The van der Waals surface area contributed by atoms with Crippen molar-refractivity contribution in [1.82, 2.24) is 20.0 Å².